The molecule has 0 saturated heterocycles. The smallest absolute Gasteiger partial charge is 0.315 e. The Balaban J connectivity index is 2.10. The van der Waals surface area contributed by atoms with Crippen molar-refractivity contribution in [2.75, 3.05) is 7.11 Å². The van der Waals surface area contributed by atoms with Crippen LogP contribution in [0.1, 0.15) is 29.2 Å². The maximum absolute atomic E-state index is 12.2. The fourth-order valence-corrected chi connectivity index (χ4v) is 2.72. The zero-order chi connectivity index (χ0) is 17.4. The Morgan fingerprint density at radius 1 is 1.12 bits per heavy atom. The van der Waals surface area contributed by atoms with Crippen LogP contribution in [0.4, 0.5) is 0 Å². The van der Waals surface area contributed by atoms with Gasteiger partial charge in [0.1, 0.15) is 34.9 Å². The molecule has 1 aliphatic heterocycles. The lowest BCUT2D eigenvalue weighted by molar-refractivity contribution is -0.136. The van der Waals surface area contributed by atoms with Crippen molar-refractivity contribution in [3.63, 3.8) is 0 Å². The van der Waals surface area contributed by atoms with Crippen molar-refractivity contribution in [1.82, 2.24) is 0 Å². The van der Waals surface area contributed by atoms with Crippen LogP contribution in [0.5, 0.6) is 28.7 Å². The number of hydrogen-bond donors (Lipinski definition) is 2. The first-order valence-electron chi connectivity index (χ1n) is 7.48. The maximum Gasteiger partial charge on any atom is 0.315 e. The van der Waals surface area contributed by atoms with Crippen molar-refractivity contribution in [2.45, 2.75) is 26.4 Å². The van der Waals surface area contributed by atoms with Gasteiger partial charge in [0.15, 0.2) is 0 Å². The third-order valence-corrected chi connectivity index (χ3v) is 4.12. The molecule has 6 nitrogen and oxygen atoms in total. The van der Waals surface area contributed by atoms with E-state index in [1.165, 1.54) is 19.2 Å². The number of carbonyl (C=O) groups excluding carboxylic acids is 1. The van der Waals surface area contributed by atoms with Gasteiger partial charge in [-0.05, 0) is 32.0 Å². The van der Waals surface area contributed by atoms with Gasteiger partial charge in [-0.1, -0.05) is 0 Å². The molecular weight excluding hydrogens is 312 g/mol. The highest BCUT2D eigenvalue weighted by atomic mass is 16.5. The van der Waals surface area contributed by atoms with Crippen LogP contribution < -0.4 is 14.2 Å². The van der Waals surface area contributed by atoms with Crippen LogP contribution >= 0.6 is 0 Å². The van der Waals surface area contributed by atoms with E-state index in [1.54, 1.807) is 26.0 Å². The number of fused-ring (bicyclic) bond motifs is 2. The van der Waals surface area contributed by atoms with Crippen LogP contribution in [0.25, 0.3) is 0 Å². The minimum absolute atomic E-state index is 0.0108. The Morgan fingerprint density at radius 3 is 2.58 bits per heavy atom. The molecule has 2 aromatic carbocycles. The first-order chi connectivity index (χ1) is 11.4. The number of ether oxygens (including phenoxy) is 3. The SMILES string of the molecule is COc1ccc(O)c([C@@H]2CC(=O)Oc3c(C)c(O)cc(c3C)O2)c1. The highest BCUT2D eigenvalue weighted by molar-refractivity contribution is 5.76. The molecule has 2 N–H and O–H groups in total. The Morgan fingerprint density at radius 2 is 1.88 bits per heavy atom. The lowest BCUT2D eigenvalue weighted by Crippen LogP contribution is -2.21. The average molecular weight is 330 g/mol. The van der Waals surface area contributed by atoms with E-state index in [2.05, 4.69) is 0 Å². The second kappa shape index (κ2) is 5.96. The third kappa shape index (κ3) is 2.71. The predicted molar refractivity (Wildman–Crippen MR) is 85.9 cm³/mol. The Labute approximate surface area is 139 Å². The molecule has 2 bridgehead atoms. The normalized spacial score (nSPS) is 16.6. The number of hydrogen-bond acceptors (Lipinski definition) is 6. The highest BCUT2D eigenvalue weighted by Gasteiger charge is 2.29. The van der Waals surface area contributed by atoms with E-state index in [4.69, 9.17) is 14.2 Å². The van der Waals surface area contributed by atoms with Crippen LogP contribution in [0.3, 0.4) is 0 Å². The van der Waals surface area contributed by atoms with Crippen LogP contribution in [0.2, 0.25) is 0 Å². The van der Waals surface area contributed by atoms with Crippen LogP contribution in [-0.4, -0.2) is 23.3 Å². The summed E-state index contributed by atoms with van der Waals surface area (Å²) in [4.78, 5) is 12.2. The van der Waals surface area contributed by atoms with E-state index in [-0.39, 0.29) is 17.9 Å². The third-order valence-electron chi connectivity index (χ3n) is 4.12. The molecule has 126 valence electrons. The zero-order valence-corrected chi connectivity index (χ0v) is 13.6. The first-order valence-corrected chi connectivity index (χ1v) is 7.48. The van der Waals surface area contributed by atoms with E-state index in [0.717, 1.165) is 0 Å². The quantitative estimate of drug-likeness (QED) is 0.650. The summed E-state index contributed by atoms with van der Waals surface area (Å²) in [6, 6.07) is 6.18. The Hall–Kier alpha value is -2.89. The van der Waals surface area contributed by atoms with Crippen molar-refractivity contribution in [2.24, 2.45) is 0 Å². The summed E-state index contributed by atoms with van der Waals surface area (Å²) in [6.45, 7) is 3.42. The van der Waals surface area contributed by atoms with Gasteiger partial charge in [-0.25, -0.2) is 0 Å². The van der Waals surface area contributed by atoms with E-state index in [9.17, 15) is 15.0 Å². The number of benzene rings is 2. The van der Waals surface area contributed by atoms with Gasteiger partial charge in [0.05, 0.1) is 13.5 Å². The van der Waals surface area contributed by atoms with Gasteiger partial charge >= 0.3 is 5.97 Å². The van der Waals surface area contributed by atoms with Gasteiger partial charge in [-0.3, -0.25) is 4.79 Å². The molecule has 0 aromatic heterocycles. The monoisotopic (exact) mass is 330 g/mol. The standard InChI is InChI=1S/C18H18O6/c1-9-14(20)7-15-10(2)18(9)24-17(21)8-16(23-15)12-6-11(22-3)4-5-13(12)19/h4-7,16,19-20H,8H2,1-3H3/t16-/m0/s1. The lowest BCUT2D eigenvalue weighted by Gasteiger charge is -2.26. The predicted octanol–water partition coefficient (Wildman–Crippen LogP) is 3.15. The Bertz CT molecular complexity index is 812. The molecule has 0 amide bonds. The molecule has 1 heterocycles. The number of esters is 1. The molecule has 0 radical (unpaired) electrons. The van der Waals surface area contributed by atoms with E-state index in [1.807, 2.05) is 0 Å². The maximum atomic E-state index is 12.2. The van der Waals surface area contributed by atoms with Crippen LogP contribution in [0, 0.1) is 13.8 Å². The van der Waals surface area contributed by atoms with Gasteiger partial charge in [0, 0.05) is 22.8 Å². The van der Waals surface area contributed by atoms with Crippen molar-refractivity contribution >= 4 is 5.97 Å². The summed E-state index contributed by atoms with van der Waals surface area (Å²) in [5, 5.41) is 20.2. The largest absolute Gasteiger partial charge is 0.508 e. The molecule has 1 atom stereocenters. The lowest BCUT2D eigenvalue weighted by atomic mass is 10.0. The topological polar surface area (TPSA) is 85.2 Å². The summed E-state index contributed by atoms with van der Waals surface area (Å²) in [5.41, 5.74) is 1.51. The van der Waals surface area contributed by atoms with Crippen molar-refractivity contribution in [1.29, 1.82) is 0 Å². The van der Waals surface area contributed by atoms with Gasteiger partial charge < -0.3 is 24.4 Å². The van der Waals surface area contributed by atoms with E-state index >= 15 is 0 Å². The molecule has 3 rings (SSSR count). The van der Waals surface area contributed by atoms with Gasteiger partial charge in [-0.15, -0.1) is 0 Å². The summed E-state index contributed by atoms with van der Waals surface area (Å²) in [5.74, 6) is 0.698. The number of phenolic OH excluding ortho intramolecular Hbond substituents is 2. The van der Waals surface area contributed by atoms with Crippen LogP contribution in [0.15, 0.2) is 24.3 Å². The Kier molecular flexibility index (Phi) is 3.97. The number of methoxy groups -OCH3 is 1. The average Bonchev–Trinajstić information content (AvgIpc) is 2.55. The molecule has 0 fully saturated rings. The molecule has 2 aromatic rings. The van der Waals surface area contributed by atoms with Gasteiger partial charge in [0.25, 0.3) is 0 Å². The second-order valence-corrected chi connectivity index (χ2v) is 5.68. The fraction of sp³-hybridized carbons (Fsp3) is 0.278. The summed E-state index contributed by atoms with van der Waals surface area (Å²) >= 11 is 0. The number of carbonyl (C=O) groups is 1. The molecule has 1 aliphatic rings. The summed E-state index contributed by atoms with van der Waals surface area (Å²) in [6.07, 6.45) is -0.843. The van der Waals surface area contributed by atoms with Gasteiger partial charge in [0.2, 0.25) is 0 Å². The van der Waals surface area contributed by atoms with Crippen molar-refractivity contribution < 1.29 is 29.2 Å². The van der Waals surface area contributed by atoms with Crippen molar-refractivity contribution in [3.05, 3.63) is 41.0 Å². The van der Waals surface area contributed by atoms with Crippen LogP contribution in [-0.2, 0) is 4.79 Å². The summed E-state index contributed by atoms with van der Waals surface area (Å²) < 4.78 is 16.5. The van der Waals surface area contributed by atoms with E-state index in [0.29, 0.717) is 33.9 Å². The van der Waals surface area contributed by atoms with E-state index < -0.39 is 12.1 Å². The number of phenols is 2. The molecule has 0 saturated carbocycles. The molecular formula is C18H18O6. The molecule has 6 heteroatoms. The molecule has 0 aliphatic carbocycles. The molecule has 0 spiro atoms. The molecule has 24 heavy (non-hydrogen) atoms. The first kappa shape index (κ1) is 16.0. The van der Waals surface area contributed by atoms with Crippen molar-refractivity contribution in [3.8, 4) is 28.7 Å². The second-order valence-electron chi connectivity index (χ2n) is 5.68. The molecule has 0 unspecified atom stereocenters. The fourth-order valence-electron chi connectivity index (χ4n) is 2.72. The number of rotatable bonds is 2. The zero-order valence-electron chi connectivity index (χ0n) is 13.6. The minimum Gasteiger partial charge on any atom is -0.508 e. The number of aromatic hydroxyl groups is 2. The summed E-state index contributed by atoms with van der Waals surface area (Å²) in [7, 11) is 1.51. The highest BCUT2D eigenvalue weighted by Crippen LogP contribution is 2.43. The minimum atomic E-state index is -0.762. The van der Waals surface area contributed by atoms with Gasteiger partial charge in [-0.2, -0.15) is 0 Å².